The van der Waals surface area contributed by atoms with Crippen LogP contribution in [0.3, 0.4) is 0 Å². The number of hydrogen-bond acceptors (Lipinski definition) is 15. The van der Waals surface area contributed by atoms with E-state index in [0.717, 1.165) is 114 Å². The van der Waals surface area contributed by atoms with E-state index in [9.17, 15) is 43.2 Å². The zero-order valence-electron chi connectivity index (χ0n) is 60.7. The van der Waals surface area contributed by atoms with Crippen LogP contribution in [0.25, 0.3) is 0 Å². The van der Waals surface area contributed by atoms with Crippen molar-refractivity contribution in [3.63, 3.8) is 0 Å². The molecule has 0 saturated heterocycles. The predicted molar refractivity (Wildman–Crippen MR) is 377 cm³/mol. The van der Waals surface area contributed by atoms with Crippen molar-refractivity contribution in [2.75, 3.05) is 39.6 Å². The Balaban J connectivity index is 5.21. The molecule has 93 heavy (non-hydrogen) atoms. The summed E-state index contributed by atoms with van der Waals surface area (Å²) in [6.45, 7) is 11.8. The van der Waals surface area contributed by atoms with Crippen LogP contribution in [0.5, 0.6) is 0 Å². The van der Waals surface area contributed by atoms with Crippen LogP contribution in [0.2, 0.25) is 0 Å². The second-order valence-electron chi connectivity index (χ2n) is 27.6. The molecule has 4 unspecified atom stereocenters. The molecular weight excluding hydrogens is 1220 g/mol. The number of phosphoric ester groups is 2. The average molecular weight is 1370 g/mol. The van der Waals surface area contributed by atoms with E-state index in [1.54, 1.807) is 0 Å². The number of hydrogen-bond donors (Lipinski definition) is 3. The zero-order valence-corrected chi connectivity index (χ0v) is 62.5. The molecule has 0 aromatic carbocycles. The summed E-state index contributed by atoms with van der Waals surface area (Å²) in [5, 5.41) is 10.6. The van der Waals surface area contributed by atoms with E-state index in [-0.39, 0.29) is 25.7 Å². The second kappa shape index (κ2) is 64.7. The van der Waals surface area contributed by atoms with E-state index in [0.29, 0.717) is 25.7 Å². The Kier molecular flexibility index (Phi) is 63.4. The van der Waals surface area contributed by atoms with Crippen LogP contribution in [0.1, 0.15) is 376 Å². The van der Waals surface area contributed by atoms with Crippen LogP contribution in [-0.2, 0) is 65.4 Å². The number of phosphoric acid groups is 2. The minimum atomic E-state index is -4.96. The van der Waals surface area contributed by atoms with Gasteiger partial charge >= 0.3 is 39.5 Å². The highest BCUT2D eigenvalue weighted by molar-refractivity contribution is 7.47. The van der Waals surface area contributed by atoms with Gasteiger partial charge in [-0.2, -0.15) is 0 Å². The van der Waals surface area contributed by atoms with Crippen molar-refractivity contribution in [3.05, 3.63) is 0 Å². The fourth-order valence-electron chi connectivity index (χ4n) is 11.2. The van der Waals surface area contributed by atoms with Crippen molar-refractivity contribution in [3.8, 4) is 0 Å². The molecule has 0 amide bonds. The molecule has 7 atom stereocenters. The molecule has 552 valence electrons. The molecule has 0 rings (SSSR count). The third-order valence-corrected chi connectivity index (χ3v) is 19.8. The van der Waals surface area contributed by atoms with Crippen LogP contribution in [0.4, 0.5) is 0 Å². The van der Waals surface area contributed by atoms with Crippen molar-refractivity contribution < 1.29 is 80.2 Å². The van der Waals surface area contributed by atoms with Gasteiger partial charge in [-0.25, -0.2) is 9.13 Å². The van der Waals surface area contributed by atoms with Crippen LogP contribution in [0, 0.1) is 17.8 Å². The highest BCUT2D eigenvalue weighted by Crippen LogP contribution is 2.45. The van der Waals surface area contributed by atoms with Gasteiger partial charge in [0, 0.05) is 25.7 Å². The number of aliphatic hydroxyl groups excluding tert-OH is 1. The Bertz CT molecular complexity index is 1820. The molecule has 19 heteroatoms. The molecule has 0 aliphatic rings. The number of esters is 4. The summed E-state index contributed by atoms with van der Waals surface area (Å²) in [6.07, 6.45) is 50.1. The molecule has 0 saturated carbocycles. The van der Waals surface area contributed by atoms with Gasteiger partial charge in [-0.15, -0.1) is 0 Å². The predicted octanol–water partition coefficient (Wildman–Crippen LogP) is 21.4. The van der Waals surface area contributed by atoms with E-state index in [1.807, 2.05) is 0 Å². The van der Waals surface area contributed by atoms with Gasteiger partial charge in [0.1, 0.15) is 19.3 Å². The number of carbonyl (C=O) groups is 4. The molecule has 17 nitrogen and oxygen atoms in total. The van der Waals surface area contributed by atoms with Crippen LogP contribution >= 0.6 is 15.6 Å². The first-order valence-electron chi connectivity index (χ1n) is 38.4. The Morgan fingerprint density at radius 1 is 0.312 bits per heavy atom. The summed E-state index contributed by atoms with van der Waals surface area (Å²) in [5.74, 6) is 0.101. The Morgan fingerprint density at radius 3 is 0.817 bits per heavy atom. The molecule has 0 radical (unpaired) electrons. The first kappa shape index (κ1) is 91.1. The quantitative estimate of drug-likeness (QED) is 0.0222. The molecule has 0 heterocycles. The normalized spacial score (nSPS) is 14.7. The lowest BCUT2D eigenvalue weighted by molar-refractivity contribution is -0.161. The van der Waals surface area contributed by atoms with Crippen molar-refractivity contribution in [2.45, 2.75) is 394 Å². The third-order valence-electron chi connectivity index (χ3n) is 17.9. The number of ether oxygens (including phenoxy) is 4. The number of aliphatic hydroxyl groups is 1. The molecule has 0 aliphatic heterocycles. The lowest BCUT2D eigenvalue weighted by atomic mass is 9.99. The van der Waals surface area contributed by atoms with Crippen LogP contribution in [-0.4, -0.2) is 96.7 Å². The number of carbonyl (C=O) groups excluding carboxylic acids is 4. The maximum Gasteiger partial charge on any atom is 0.472 e. The molecule has 0 aliphatic carbocycles. The van der Waals surface area contributed by atoms with Crippen LogP contribution < -0.4 is 0 Å². The fourth-order valence-corrected chi connectivity index (χ4v) is 12.8. The summed E-state index contributed by atoms with van der Waals surface area (Å²) in [7, 11) is -9.91. The number of unbranched alkanes of at least 4 members (excludes halogenated alkanes) is 38. The first-order chi connectivity index (χ1) is 44.8. The standard InChI is InChI=1S/C74H144O17P2/c1-8-11-12-13-14-15-16-17-18-19-20-21-22-23-24-25-26-34-43-50-57-73(78)90-69(61-84-71(76)55-48-41-33-30-28-32-39-46-53-66(6)9-2)63-88-92(80,81)86-59-68(75)60-87-93(82,83)89-64-70(62-85-72(77)56-49-42-37-36-40-47-54-67(7)10-3)91-74(79)58-51-44-35-29-27-31-38-45-52-65(4)5/h65-70,75H,8-64H2,1-7H3,(H,80,81)(H,82,83)/t66?,67?,68-,69-,70-/m1/s1. The smallest absolute Gasteiger partial charge is 0.462 e. The van der Waals surface area contributed by atoms with Crippen molar-refractivity contribution in [2.24, 2.45) is 17.8 Å². The molecule has 0 spiro atoms. The van der Waals surface area contributed by atoms with Crippen molar-refractivity contribution in [1.29, 1.82) is 0 Å². The van der Waals surface area contributed by atoms with E-state index in [1.165, 1.54) is 180 Å². The molecule has 3 N–H and O–H groups in total. The minimum absolute atomic E-state index is 0.103. The molecule has 0 aromatic rings. The van der Waals surface area contributed by atoms with Crippen LogP contribution in [0.15, 0.2) is 0 Å². The molecule has 0 fully saturated rings. The molecule has 0 aromatic heterocycles. The van der Waals surface area contributed by atoms with Gasteiger partial charge in [-0.1, -0.05) is 325 Å². The van der Waals surface area contributed by atoms with Gasteiger partial charge in [-0.3, -0.25) is 37.3 Å². The van der Waals surface area contributed by atoms with Gasteiger partial charge in [0.15, 0.2) is 12.2 Å². The Morgan fingerprint density at radius 2 is 0.548 bits per heavy atom. The topological polar surface area (TPSA) is 237 Å². The third kappa shape index (κ3) is 65.8. The maximum atomic E-state index is 13.1. The van der Waals surface area contributed by atoms with E-state index in [2.05, 4.69) is 48.5 Å². The Hall–Kier alpha value is -1.94. The monoisotopic (exact) mass is 1370 g/mol. The summed E-state index contributed by atoms with van der Waals surface area (Å²) in [5.41, 5.74) is 0. The highest BCUT2D eigenvalue weighted by Gasteiger charge is 2.30. The lowest BCUT2D eigenvalue weighted by Crippen LogP contribution is -2.30. The molecule has 0 bridgehead atoms. The van der Waals surface area contributed by atoms with E-state index < -0.39 is 97.5 Å². The van der Waals surface area contributed by atoms with Gasteiger partial charge in [-0.05, 0) is 43.4 Å². The van der Waals surface area contributed by atoms with Gasteiger partial charge in [0.25, 0.3) is 0 Å². The highest BCUT2D eigenvalue weighted by atomic mass is 31.2. The summed E-state index contributed by atoms with van der Waals surface area (Å²) in [6, 6.07) is 0. The summed E-state index contributed by atoms with van der Waals surface area (Å²) >= 11 is 0. The maximum absolute atomic E-state index is 13.1. The average Bonchev–Trinajstić information content (AvgIpc) is 1.86. The van der Waals surface area contributed by atoms with Crippen molar-refractivity contribution >= 4 is 39.5 Å². The van der Waals surface area contributed by atoms with E-state index >= 15 is 0 Å². The van der Waals surface area contributed by atoms with Gasteiger partial charge in [0.2, 0.25) is 0 Å². The fraction of sp³-hybridized carbons (Fsp3) is 0.946. The zero-order chi connectivity index (χ0) is 68.7. The number of rotatable bonds is 72. The van der Waals surface area contributed by atoms with Gasteiger partial charge in [0.05, 0.1) is 26.4 Å². The lowest BCUT2D eigenvalue weighted by Gasteiger charge is -2.21. The second-order valence-corrected chi connectivity index (χ2v) is 30.6. The Labute approximate surface area is 568 Å². The first-order valence-corrected chi connectivity index (χ1v) is 41.4. The SMILES string of the molecule is CCCCCCCCCCCCCCCCCCCCCCC(=O)O[C@H](COC(=O)CCCCCCCCCCC(C)CC)COP(=O)(O)OC[C@@H](O)COP(=O)(O)OC[C@@H](COC(=O)CCCCCCCCC(C)CC)OC(=O)CCCCCCCCCCC(C)C. The van der Waals surface area contributed by atoms with Crippen molar-refractivity contribution in [1.82, 2.24) is 0 Å². The minimum Gasteiger partial charge on any atom is -0.462 e. The summed E-state index contributed by atoms with van der Waals surface area (Å²) in [4.78, 5) is 72.7. The molecular formula is C74H144O17P2. The summed E-state index contributed by atoms with van der Waals surface area (Å²) < 4.78 is 68.4. The largest absolute Gasteiger partial charge is 0.472 e. The van der Waals surface area contributed by atoms with E-state index in [4.69, 9.17) is 37.0 Å². The van der Waals surface area contributed by atoms with Gasteiger partial charge < -0.3 is 33.8 Å².